The molecule has 0 saturated carbocycles. The van der Waals surface area contributed by atoms with Crippen molar-refractivity contribution in [3.63, 3.8) is 0 Å². The van der Waals surface area contributed by atoms with Gasteiger partial charge in [-0.05, 0) is 25.1 Å². The Labute approximate surface area is 164 Å². The fourth-order valence-electron chi connectivity index (χ4n) is 2.76. The van der Waals surface area contributed by atoms with Gasteiger partial charge in [0, 0.05) is 12.7 Å². The smallest absolute Gasteiger partial charge is 0.372 e. The molecule has 28 heavy (non-hydrogen) atoms. The van der Waals surface area contributed by atoms with Crippen LogP contribution < -0.4 is 5.32 Å². The van der Waals surface area contributed by atoms with Gasteiger partial charge in [-0.2, -0.15) is 31.4 Å². The van der Waals surface area contributed by atoms with Crippen LogP contribution >= 0.6 is 23.2 Å². The number of aryl methyl sites for hydroxylation is 1. The Balaban J connectivity index is 2.37. The molecule has 0 aliphatic carbocycles. The molecule has 0 saturated heterocycles. The van der Waals surface area contributed by atoms with Crippen molar-refractivity contribution in [2.45, 2.75) is 19.3 Å². The molecule has 0 atom stereocenters. The van der Waals surface area contributed by atoms with Crippen molar-refractivity contribution < 1.29 is 26.3 Å². The van der Waals surface area contributed by atoms with Crippen LogP contribution in [0, 0.1) is 6.92 Å². The van der Waals surface area contributed by atoms with Crippen LogP contribution in [0.1, 0.15) is 17.0 Å². The topological polar surface area (TPSA) is 42.7 Å². The van der Waals surface area contributed by atoms with Crippen LogP contribution in [0.3, 0.4) is 0 Å². The van der Waals surface area contributed by atoms with Gasteiger partial charge < -0.3 is 5.32 Å². The lowest BCUT2D eigenvalue weighted by Crippen LogP contribution is -2.11. The largest absolute Gasteiger partial charge is 0.434 e. The third kappa shape index (κ3) is 3.46. The average Bonchev–Trinajstić information content (AvgIpc) is 2.89. The lowest BCUT2D eigenvalue weighted by molar-refractivity contribution is -0.140. The van der Waals surface area contributed by atoms with E-state index in [0.29, 0.717) is 12.1 Å². The number of aromatic nitrogens is 3. The monoisotopic (exact) mass is 442 g/mol. The zero-order chi connectivity index (χ0) is 21.0. The molecule has 150 valence electrons. The van der Waals surface area contributed by atoms with Gasteiger partial charge in [-0.15, -0.1) is 0 Å². The fourth-order valence-corrected chi connectivity index (χ4v) is 3.41. The highest BCUT2D eigenvalue weighted by molar-refractivity contribution is 6.38. The highest BCUT2D eigenvalue weighted by atomic mass is 35.5. The normalized spacial score (nSPS) is 12.6. The summed E-state index contributed by atoms with van der Waals surface area (Å²) in [4.78, 5) is 3.55. The predicted molar refractivity (Wildman–Crippen MR) is 93.2 cm³/mol. The minimum Gasteiger partial charge on any atom is -0.372 e. The second-order valence-electron chi connectivity index (χ2n) is 5.80. The van der Waals surface area contributed by atoms with Crippen LogP contribution in [-0.4, -0.2) is 21.8 Å². The highest BCUT2D eigenvalue weighted by Crippen LogP contribution is 2.42. The summed E-state index contributed by atoms with van der Waals surface area (Å²) >= 11 is 12.0. The Morgan fingerprint density at radius 2 is 1.54 bits per heavy atom. The first-order valence-corrected chi connectivity index (χ1v) is 8.32. The molecule has 0 bridgehead atoms. The fraction of sp³-hybridized carbons (Fsp3) is 0.250. The molecule has 0 amide bonds. The molecule has 0 unspecified atom stereocenters. The van der Waals surface area contributed by atoms with Crippen LogP contribution in [0.2, 0.25) is 10.0 Å². The van der Waals surface area contributed by atoms with Crippen molar-refractivity contribution in [2.75, 3.05) is 12.4 Å². The van der Waals surface area contributed by atoms with E-state index in [1.807, 2.05) is 0 Å². The molecule has 0 aliphatic rings. The van der Waals surface area contributed by atoms with Gasteiger partial charge in [-0.25, -0.2) is 9.67 Å². The number of hydrogen-bond acceptors (Lipinski definition) is 3. The predicted octanol–water partition coefficient (Wildman–Crippen LogP) is 6.12. The van der Waals surface area contributed by atoms with Crippen molar-refractivity contribution in [3.8, 4) is 5.69 Å². The lowest BCUT2D eigenvalue weighted by atomic mass is 10.2. The molecule has 0 radical (unpaired) electrons. The summed E-state index contributed by atoms with van der Waals surface area (Å²) in [6, 6.07) is 2.57. The zero-order valence-electron chi connectivity index (χ0n) is 14.1. The Morgan fingerprint density at radius 1 is 0.964 bits per heavy atom. The zero-order valence-corrected chi connectivity index (χ0v) is 15.6. The summed E-state index contributed by atoms with van der Waals surface area (Å²) in [5, 5.41) is 5.42. The van der Waals surface area contributed by atoms with Gasteiger partial charge in [0.1, 0.15) is 11.5 Å². The van der Waals surface area contributed by atoms with E-state index in [9.17, 15) is 26.3 Å². The Kier molecular flexibility index (Phi) is 4.91. The van der Waals surface area contributed by atoms with Crippen LogP contribution in [0.4, 0.5) is 32.2 Å². The molecule has 4 nitrogen and oxygen atoms in total. The maximum absolute atomic E-state index is 13.5. The second-order valence-corrected chi connectivity index (χ2v) is 6.62. The molecule has 3 rings (SSSR count). The second kappa shape index (κ2) is 6.70. The lowest BCUT2D eigenvalue weighted by Gasteiger charge is -2.14. The van der Waals surface area contributed by atoms with Crippen LogP contribution in [0.25, 0.3) is 16.6 Å². The van der Waals surface area contributed by atoms with Crippen molar-refractivity contribution in [3.05, 3.63) is 45.2 Å². The van der Waals surface area contributed by atoms with Crippen LogP contribution in [0.5, 0.6) is 0 Å². The van der Waals surface area contributed by atoms with Crippen molar-refractivity contribution in [2.24, 2.45) is 0 Å². The first-order chi connectivity index (χ1) is 12.8. The number of benzene rings is 1. The molecule has 0 spiro atoms. The maximum atomic E-state index is 13.5. The summed E-state index contributed by atoms with van der Waals surface area (Å²) in [5.74, 6) is -0.168. The summed E-state index contributed by atoms with van der Waals surface area (Å²) in [7, 11) is 1.33. The third-order valence-electron chi connectivity index (χ3n) is 3.84. The van der Waals surface area contributed by atoms with Crippen LogP contribution in [0.15, 0.2) is 18.2 Å². The molecule has 12 heteroatoms. The molecular weight excluding hydrogens is 433 g/mol. The number of nitrogens with zero attached hydrogens (tertiary/aromatic N) is 3. The molecule has 2 heterocycles. The number of anilines is 1. The van der Waals surface area contributed by atoms with Crippen LogP contribution in [-0.2, 0) is 12.4 Å². The number of hydrogen-bond donors (Lipinski definition) is 1. The maximum Gasteiger partial charge on any atom is 0.434 e. The first kappa shape index (κ1) is 20.5. The molecule has 0 aliphatic heterocycles. The van der Waals surface area contributed by atoms with E-state index in [-0.39, 0.29) is 28.1 Å². The van der Waals surface area contributed by atoms with Gasteiger partial charge in [0.15, 0.2) is 5.69 Å². The number of fused-ring (bicyclic) bond motifs is 1. The Bertz CT molecular complexity index is 1050. The standard InChI is InChI=1S/C16H10Cl2F6N4/c1-6-3-10-11(13(26-6)16(22,23)24)14(25-2)28(27-10)12-8(17)4-7(5-9(12)18)15(19,20)21/h3-5,25H,1-2H3. The number of alkyl halides is 6. The SMILES string of the molecule is CNc1c2c(C(F)(F)F)nc(C)cc2nn1-c1c(Cl)cc(C(F)(F)F)cc1Cl. The highest BCUT2D eigenvalue weighted by Gasteiger charge is 2.38. The Morgan fingerprint density at radius 3 is 2.00 bits per heavy atom. The van der Waals surface area contributed by atoms with Gasteiger partial charge in [0.05, 0.1) is 26.5 Å². The van der Waals surface area contributed by atoms with Crippen molar-refractivity contribution in [1.82, 2.24) is 14.8 Å². The van der Waals surface area contributed by atoms with E-state index in [4.69, 9.17) is 23.2 Å². The third-order valence-corrected chi connectivity index (χ3v) is 4.42. The number of rotatable bonds is 2. The van der Waals surface area contributed by atoms with Gasteiger partial charge in [0.2, 0.25) is 0 Å². The summed E-state index contributed by atoms with van der Waals surface area (Å²) in [5.41, 5.74) is -2.48. The van der Waals surface area contributed by atoms with E-state index in [2.05, 4.69) is 15.4 Å². The van der Waals surface area contributed by atoms with Gasteiger partial charge in [-0.1, -0.05) is 23.2 Å². The number of halogens is 8. The molecule has 1 aromatic carbocycles. The summed E-state index contributed by atoms with van der Waals surface area (Å²) in [6.07, 6.45) is -9.48. The summed E-state index contributed by atoms with van der Waals surface area (Å²) < 4.78 is 80.1. The molecule has 3 aromatic rings. The minimum absolute atomic E-state index is 0.0664. The van der Waals surface area contributed by atoms with Gasteiger partial charge in [0.25, 0.3) is 0 Å². The molecule has 0 fully saturated rings. The summed E-state index contributed by atoms with van der Waals surface area (Å²) in [6.45, 7) is 1.37. The molecular formula is C16H10Cl2F6N4. The van der Waals surface area contributed by atoms with E-state index in [1.165, 1.54) is 20.0 Å². The average molecular weight is 443 g/mol. The molecule has 2 aromatic heterocycles. The van der Waals surface area contributed by atoms with Crippen molar-refractivity contribution in [1.29, 1.82) is 0 Å². The molecule has 1 N–H and O–H groups in total. The Hall–Kier alpha value is -2.20. The van der Waals surface area contributed by atoms with E-state index >= 15 is 0 Å². The van der Waals surface area contributed by atoms with Gasteiger partial charge in [-0.3, -0.25) is 0 Å². The van der Waals surface area contributed by atoms with E-state index < -0.39 is 33.7 Å². The van der Waals surface area contributed by atoms with Crippen molar-refractivity contribution >= 4 is 39.9 Å². The van der Waals surface area contributed by atoms with Gasteiger partial charge >= 0.3 is 12.4 Å². The quantitative estimate of drug-likeness (QED) is 0.486. The first-order valence-electron chi connectivity index (χ1n) is 7.56. The number of pyridine rings is 1. The van der Waals surface area contributed by atoms with E-state index in [0.717, 1.165) is 4.68 Å². The number of nitrogens with one attached hydrogen (secondary N) is 1. The minimum atomic E-state index is -4.78. The van der Waals surface area contributed by atoms with E-state index in [1.54, 1.807) is 0 Å².